The molecule has 0 aromatic carbocycles. The maximum atomic E-state index is 4.41. The van der Waals surface area contributed by atoms with Crippen LogP contribution >= 0.6 is 0 Å². The monoisotopic (exact) mass is 243 g/mol. The van der Waals surface area contributed by atoms with E-state index in [1.807, 2.05) is 11.6 Å². The van der Waals surface area contributed by atoms with E-state index < -0.39 is 0 Å². The Morgan fingerprint density at radius 1 is 1.28 bits per heavy atom. The van der Waals surface area contributed by atoms with Gasteiger partial charge in [-0.25, -0.2) is 15.0 Å². The molecule has 2 fully saturated rings. The molecule has 2 heterocycles. The van der Waals surface area contributed by atoms with Gasteiger partial charge in [-0.1, -0.05) is 0 Å². The predicted molar refractivity (Wildman–Crippen MR) is 69.2 cm³/mol. The molecule has 5 nitrogen and oxygen atoms in total. The predicted octanol–water partition coefficient (Wildman–Crippen LogP) is 2.11. The second kappa shape index (κ2) is 3.43. The quantitative estimate of drug-likeness (QED) is 0.877. The number of aryl methyl sites for hydroxylation is 1. The molecule has 0 atom stereocenters. The van der Waals surface area contributed by atoms with Gasteiger partial charge in [-0.2, -0.15) is 0 Å². The van der Waals surface area contributed by atoms with E-state index in [1.165, 1.54) is 32.1 Å². The average Bonchev–Trinajstić information content (AvgIpc) is 3.05. The first-order valence-corrected chi connectivity index (χ1v) is 6.66. The van der Waals surface area contributed by atoms with Crippen molar-refractivity contribution in [2.45, 2.75) is 37.6 Å². The van der Waals surface area contributed by atoms with Gasteiger partial charge in [0.2, 0.25) is 0 Å². The topological polar surface area (TPSA) is 55.6 Å². The molecule has 0 spiro atoms. The van der Waals surface area contributed by atoms with Gasteiger partial charge < -0.3 is 9.88 Å². The van der Waals surface area contributed by atoms with E-state index in [0.29, 0.717) is 0 Å². The van der Waals surface area contributed by atoms with Crippen LogP contribution in [0.15, 0.2) is 12.7 Å². The van der Waals surface area contributed by atoms with Gasteiger partial charge in [0.25, 0.3) is 0 Å². The molecule has 2 saturated carbocycles. The van der Waals surface area contributed by atoms with E-state index >= 15 is 0 Å². The third-order valence-corrected chi connectivity index (χ3v) is 4.62. The van der Waals surface area contributed by atoms with Crippen LogP contribution in [0.5, 0.6) is 0 Å². The summed E-state index contributed by atoms with van der Waals surface area (Å²) >= 11 is 0. The molecule has 2 aliphatic rings. The molecule has 0 saturated heterocycles. The average molecular weight is 243 g/mol. The number of aromatic nitrogens is 4. The van der Waals surface area contributed by atoms with Crippen molar-refractivity contribution in [2.75, 3.05) is 5.32 Å². The van der Waals surface area contributed by atoms with E-state index in [1.54, 1.807) is 12.7 Å². The van der Waals surface area contributed by atoms with Gasteiger partial charge in [0.1, 0.15) is 11.8 Å². The van der Waals surface area contributed by atoms with Crippen molar-refractivity contribution >= 4 is 17.0 Å². The van der Waals surface area contributed by atoms with Crippen LogP contribution in [0.3, 0.4) is 0 Å². The number of imidazole rings is 1. The number of fused-ring (bicyclic) bond motifs is 3. The lowest BCUT2D eigenvalue weighted by Crippen LogP contribution is -2.33. The minimum Gasteiger partial charge on any atom is -0.363 e. The van der Waals surface area contributed by atoms with Gasteiger partial charge in [0.15, 0.2) is 11.5 Å². The van der Waals surface area contributed by atoms with Gasteiger partial charge in [0.05, 0.1) is 6.33 Å². The highest BCUT2D eigenvalue weighted by Crippen LogP contribution is 2.49. The fourth-order valence-corrected chi connectivity index (χ4v) is 3.66. The van der Waals surface area contributed by atoms with Crippen LogP contribution in [0.2, 0.25) is 0 Å². The first kappa shape index (κ1) is 10.3. The summed E-state index contributed by atoms with van der Waals surface area (Å²) in [6.45, 7) is 0. The molecule has 18 heavy (non-hydrogen) atoms. The van der Waals surface area contributed by atoms with Crippen molar-refractivity contribution in [1.29, 1.82) is 0 Å². The summed E-state index contributed by atoms with van der Waals surface area (Å²) < 4.78 is 1.94. The third-order valence-electron chi connectivity index (χ3n) is 4.62. The zero-order valence-corrected chi connectivity index (χ0v) is 10.6. The Morgan fingerprint density at radius 2 is 2.11 bits per heavy atom. The lowest BCUT2D eigenvalue weighted by molar-refractivity contribution is 0.446. The summed E-state index contributed by atoms with van der Waals surface area (Å²) in [6.07, 6.45) is 10.0. The standard InChI is InChI=1S/C13H17N5/c1-18-8-16-10-11(14-7-15-12(10)18)17-13-4-2-9(6-13)3-5-13/h7-9H,2-6H2,1H3,(H,14,15,17). The Morgan fingerprint density at radius 3 is 2.83 bits per heavy atom. The van der Waals surface area contributed by atoms with Crippen molar-refractivity contribution in [3.63, 3.8) is 0 Å². The number of hydrogen-bond acceptors (Lipinski definition) is 4. The minimum atomic E-state index is 0.281. The highest BCUT2D eigenvalue weighted by Gasteiger charge is 2.45. The molecule has 5 heteroatoms. The normalized spacial score (nSPS) is 30.2. The Labute approximate surface area is 106 Å². The molecule has 2 aliphatic carbocycles. The van der Waals surface area contributed by atoms with E-state index in [9.17, 15) is 0 Å². The van der Waals surface area contributed by atoms with Crippen LogP contribution in [-0.2, 0) is 7.05 Å². The summed E-state index contributed by atoms with van der Waals surface area (Å²) in [4.78, 5) is 13.1. The maximum absolute atomic E-state index is 4.41. The summed E-state index contributed by atoms with van der Waals surface area (Å²) in [5.74, 6) is 1.83. The minimum absolute atomic E-state index is 0.281. The molecular formula is C13H17N5. The Bertz CT molecular complexity index is 594. The summed E-state index contributed by atoms with van der Waals surface area (Å²) in [5, 5.41) is 3.68. The first-order chi connectivity index (χ1) is 8.76. The SMILES string of the molecule is Cn1cnc2c(NC34CCC(CC3)C4)ncnc21. The molecular weight excluding hydrogens is 226 g/mol. The van der Waals surface area contributed by atoms with Crippen molar-refractivity contribution in [1.82, 2.24) is 19.5 Å². The Kier molecular flexibility index (Phi) is 1.96. The molecule has 0 amide bonds. The van der Waals surface area contributed by atoms with Crippen LogP contribution in [-0.4, -0.2) is 25.1 Å². The van der Waals surface area contributed by atoms with Crippen LogP contribution in [0, 0.1) is 5.92 Å². The molecule has 0 radical (unpaired) electrons. The second-order valence-corrected chi connectivity index (χ2v) is 5.80. The van der Waals surface area contributed by atoms with Gasteiger partial charge in [-0.3, -0.25) is 0 Å². The second-order valence-electron chi connectivity index (χ2n) is 5.80. The largest absolute Gasteiger partial charge is 0.363 e. The van der Waals surface area contributed by atoms with Crippen LogP contribution in [0.1, 0.15) is 32.1 Å². The molecule has 1 N–H and O–H groups in total. The van der Waals surface area contributed by atoms with E-state index in [4.69, 9.17) is 0 Å². The van der Waals surface area contributed by atoms with Gasteiger partial charge in [-0.15, -0.1) is 0 Å². The van der Waals surface area contributed by atoms with Gasteiger partial charge in [-0.05, 0) is 38.0 Å². The van der Waals surface area contributed by atoms with Crippen molar-refractivity contribution < 1.29 is 0 Å². The lowest BCUT2D eigenvalue weighted by Gasteiger charge is -2.28. The fourth-order valence-electron chi connectivity index (χ4n) is 3.66. The molecule has 0 unspecified atom stereocenters. The fraction of sp³-hybridized carbons (Fsp3) is 0.615. The lowest BCUT2D eigenvalue weighted by atomic mass is 9.94. The molecule has 2 aromatic heterocycles. The molecule has 2 bridgehead atoms. The first-order valence-electron chi connectivity index (χ1n) is 6.66. The van der Waals surface area contributed by atoms with Crippen LogP contribution in [0.25, 0.3) is 11.2 Å². The number of nitrogens with zero attached hydrogens (tertiary/aromatic N) is 4. The Balaban J connectivity index is 1.75. The maximum Gasteiger partial charge on any atom is 0.165 e. The number of rotatable bonds is 2. The number of anilines is 1. The van der Waals surface area contributed by atoms with Crippen LogP contribution < -0.4 is 5.32 Å². The third kappa shape index (κ3) is 1.36. The van der Waals surface area contributed by atoms with Gasteiger partial charge >= 0.3 is 0 Å². The smallest absolute Gasteiger partial charge is 0.165 e. The van der Waals surface area contributed by atoms with E-state index in [2.05, 4.69) is 20.3 Å². The highest BCUT2D eigenvalue weighted by molar-refractivity contribution is 5.82. The molecule has 2 aromatic rings. The number of nitrogens with one attached hydrogen (secondary N) is 1. The van der Waals surface area contributed by atoms with Crippen molar-refractivity contribution in [3.8, 4) is 0 Å². The summed E-state index contributed by atoms with van der Waals surface area (Å²) in [6, 6.07) is 0. The van der Waals surface area contributed by atoms with Gasteiger partial charge in [0, 0.05) is 12.6 Å². The number of hydrogen-bond donors (Lipinski definition) is 1. The van der Waals surface area contributed by atoms with E-state index in [-0.39, 0.29) is 5.54 Å². The molecule has 0 aliphatic heterocycles. The zero-order valence-electron chi connectivity index (χ0n) is 10.6. The Hall–Kier alpha value is -1.65. The van der Waals surface area contributed by atoms with Crippen LogP contribution in [0.4, 0.5) is 5.82 Å². The van der Waals surface area contributed by atoms with Crippen molar-refractivity contribution in [2.24, 2.45) is 13.0 Å². The summed E-state index contributed by atoms with van der Waals surface area (Å²) in [7, 11) is 1.96. The van der Waals surface area contributed by atoms with Crippen molar-refractivity contribution in [3.05, 3.63) is 12.7 Å². The molecule has 4 rings (SSSR count). The molecule has 94 valence electrons. The summed E-state index contributed by atoms with van der Waals surface area (Å²) in [5.41, 5.74) is 2.07. The highest BCUT2D eigenvalue weighted by atomic mass is 15.2. The zero-order chi connectivity index (χ0) is 12.2. The van der Waals surface area contributed by atoms with E-state index in [0.717, 1.165) is 22.9 Å².